The lowest BCUT2D eigenvalue weighted by Gasteiger charge is -2.09. The van der Waals surface area contributed by atoms with E-state index in [4.69, 9.17) is 10.6 Å². The zero-order chi connectivity index (χ0) is 15.2. The molecule has 110 valence electrons. The molecule has 1 amide bonds. The summed E-state index contributed by atoms with van der Waals surface area (Å²) in [5, 5.41) is 2.80. The van der Waals surface area contributed by atoms with Crippen LogP contribution in [0.25, 0.3) is 0 Å². The molecule has 0 radical (unpaired) electrons. The lowest BCUT2D eigenvalue weighted by molar-refractivity contribution is 0.102. The van der Waals surface area contributed by atoms with Crippen molar-refractivity contribution in [3.63, 3.8) is 0 Å². The molecule has 1 aromatic heterocycles. The van der Waals surface area contributed by atoms with Crippen LogP contribution in [0.15, 0.2) is 36.5 Å². The Morgan fingerprint density at radius 1 is 1.29 bits per heavy atom. The molecule has 0 bridgehead atoms. The zero-order valence-corrected chi connectivity index (χ0v) is 12.0. The number of nitrogens with one attached hydrogen (secondary N) is 2. The van der Waals surface area contributed by atoms with E-state index in [1.165, 1.54) is 0 Å². The molecule has 0 aliphatic rings. The van der Waals surface area contributed by atoms with Crippen LogP contribution in [-0.2, 0) is 0 Å². The van der Waals surface area contributed by atoms with Crippen molar-refractivity contribution >= 4 is 17.3 Å². The highest BCUT2D eigenvalue weighted by Gasteiger charge is 2.10. The molecule has 0 fully saturated rings. The third-order valence-electron chi connectivity index (χ3n) is 2.92. The molecule has 1 aromatic carbocycles. The van der Waals surface area contributed by atoms with Gasteiger partial charge in [-0.05, 0) is 43.7 Å². The fourth-order valence-electron chi connectivity index (χ4n) is 1.89. The number of carbonyl (C=O) groups is 1. The number of rotatable bonds is 5. The molecule has 0 aliphatic carbocycles. The van der Waals surface area contributed by atoms with Crippen LogP contribution in [0.3, 0.4) is 0 Å². The quantitative estimate of drug-likeness (QED) is 0.580. The number of nitrogen functional groups attached to an aromatic ring is 1. The number of carbonyl (C=O) groups excluding carboxylic acids is 1. The number of amides is 1. The van der Waals surface area contributed by atoms with Crippen molar-refractivity contribution in [2.24, 2.45) is 5.84 Å². The van der Waals surface area contributed by atoms with Gasteiger partial charge in [0.05, 0.1) is 18.5 Å². The molecule has 0 saturated heterocycles. The number of nitrogens with zero attached hydrogens (tertiary/aromatic N) is 1. The molecule has 1 heterocycles. The molecule has 2 rings (SSSR count). The maximum absolute atomic E-state index is 12.2. The summed E-state index contributed by atoms with van der Waals surface area (Å²) in [7, 11) is 0. The fourth-order valence-corrected chi connectivity index (χ4v) is 1.89. The van der Waals surface area contributed by atoms with Crippen LogP contribution in [0.5, 0.6) is 5.88 Å². The summed E-state index contributed by atoms with van der Waals surface area (Å²) in [6.45, 7) is 4.30. The molecule has 0 aliphatic heterocycles. The van der Waals surface area contributed by atoms with E-state index >= 15 is 0 Å². The number of aromatic nitrogens is 1. The third-order valence-corrected chi connectivity index (χ3v) is 2.92. The number of ether oxygens (including phenoxy) is 1. The number of benzene rings is 1. The Kier molecular flexibility index (Phi) is 4.73. The van der Waals surface area contributed by atoms with Gasteiger partial charge in [-0.25, -0.2) is 4.98 Å². The molecule has 4 N–H and O–H groups in total. The molecule has 0 spiro atoms. The molecular formula is C15H18N4O2. The van der Waals surface area contributed by atoms with Crippen LogP contribution in [0, 0.1) is 6.92 Å². The first-order chi connectivity index (χ1) is 10.1. The predicted octanol–water partition coefficient (Wildman–Crippen LogP) is 2.33. The Labute approximate surface area is 123 Å². The first kappa shape index (κ1) is 14.8. The number of hydrogen-bond acceptors (Lipinski definition) is 5. The first-order valence-electron chi connectivity index (χ1n) is 6.61. The standard InChI is InChI=1S/C15H18N4O2/c1-3-21-14-7-5-12(9-17-14)18-15(20)13-6-4-11(19-16)8-10(13)2/h4-9,19H,3,16H2,1-2H3,(H,18,20). The van der Waals surface area contributed by atoms with E-state index in [1.807, 2.05) is 19.9 Å². The topological polar surface area (TPSA) is 89.3 Å². The van der Waals surface area contributed by atoms with E-state index in [0.717, 1.165) is 11.3 Å². The second-order valence-electron chi connectivity index (χ2n) is 4.45. The van der Waals surface area contributed by atoms with Gasteiger partial charge in [0.2, 0.25) is 5.88 Å². The van der Waals surface area contributed by atoms with E-state index in [1.54, 1.807) is 30.5 Å². The SMILES string of the molecule is CCOc1ccc(NC(=O)c2ccc(NN)cc2C)cn1. The van der Waals surface area contributed by atoms with Crippen LogP contribution in [-0.4, -0.2) is 17.5 Å². The maximum Gasteiger partial charge on any atom is 0.255 e. The number of hydrogen-bond donors (Lipinski definition) is 3. The van der Waals surface area contributed by atoms with E-state index < -0.39 is 0 Å². The van der Waals surface area contributed by atoms with Crippen LogP contribution in [0.4, 0.5) is 11.4 Å². The van der Waals surface area contributed by atoms with Crippen molar-refractivity contribution in [2.75, 3.05) is 17.3 Å². The molecule has 0 unspecified atom stereocenters. The van der Waals surface area contributed by atoms with Gasteiger partial charge in [-0.15, -0.1) is 0 Å². The Balaban J connectivity index is 2.10. The smallest absolute Gasteiger partial charge is 0.255 e. The fraction of sp³-hybridized carbons (Fsp3) is 0.200. The van der Waals surface area contributed by atoms with Crippen molar-refractivity contribution in [1.29, 1.82) is 0 Å². The van der Waals surface area contributed by atoms with Gasteiger partial charge in [-0.2, -0.15) is 0 Å². The van der Waals surface area contributed by atoms with Crippen LogP contribution in [0.2, 0.25) is 0 Å². The number of nitrogens with two attached hydrogens (primary N) is 1. The second kappa shape index (κ2) is 6.71. The Morgan fingerprint density at radius 2 is 2.05 bits per heavy atom. The van der Waals surface area contributed by atoms with Gasteiger partial charge in [-0.3, -0.25) is 10.6 Å². The summed E-state index contributed by atoms with van der Waals surface area (Å²) in [6.07, 6.45) is 1.56. The van der Waals surface area contributed by atoms with Crippen molar-refractivity contribution < 1.29 is 9.53 Å². The molecule has 6 heteroatoms. The Bertz CT molecular complexity index is 626. The van der Waals surface area contributed by atoms with Crippen molar-refractivity contribution in [3.05, 3.63) is 47.7 Å². The van der Waals surface area contributed by atoms with Gasteiger partial charge in [0.1, 0.15) is 0 Å². The lowest BCUT2D eigenvalue weighted by Crippen LogP contribution is -2.14. The summed E-state index contributed by atoms with van der Waals surface area (Å²) in [6, 6.07) is 8.75. The van der Waals surface area contributed by atoms with Crippen LogP contribution in [0.1, 0.15) is 22.8 Å². The second-order valence-corrected chi connectivity index (χ2v) is 4.45. The lowest BCUT2D eigenvalue weighted by atomic mass is 10.1. The highest BCUT2D eigenvalue weighted by atomic mass is 16.5. The Morgan fingerprint density at radius 3 is 2.62 bits per heavy atom. The van der Waals surface area contributed by atoms with Crippen LogP contribution < -0.4 is 21.3 Å². The summed E-state index contributed by atoms with van der Waals surface area (Å²) in [5.41, 5.74) is 5.34. The van der Waals surface area contributed by atoms with Gasteiger partial charge < -0.3 is 15.5 Å². The van der Waals surface area contributed by atoms with E-state index in [2.05, 4.69) is 15.7 Å². The highest BCUT2D eigenvalue weighted by molar-refractivity contribution is 6.05. The van der Waals surface area contributed by atoms with Gasteiger partial charge in [0, 0.05) is 17.3 Å². The molecule has 0 saturated carbocycles. The summed E-state index contributed by atoms with van der Waals surface area (Å²) in [5.74, 6) is 5.68. The minimum atomic E-state index is -0.193. The largest absolute Gasteiger partial charge is 0.478 e. The van der Waals surface area contributed by atoms with Gasteiger partial charge in [-0.1, -0.05) is 0 Å². The van der Waals surface area contributed by atoms with Gasteiger partial charge >= 0.3 is 0 Å². The number of pyridine rings is 1. The average molecular weight is 286 g/mol. The summed E-state index contributed by atoms with van der Waals surface area (Å²) in [4.78, 5) is 16.3. The first-order valence-corrected chi connectivity index (χ1v) is 6.61. The van der Waals surface area contributed by atoms with Crippen molar-refractivity contribution in [2.45, 2.75) is 13.8 Å². The van der Waals surface area contributed by atoms with Gasteiger partial charge in [0.15, 0.2) is 0 Å². The predicted molar refractivity (Wildman–Crippen MR) is 82.3 cm³/mol. The molecule has 2 aromatic rings. The van der Waals surface area contributed by atoms with E-state index in [-0.39, 0.29) is 5.91 Å². The maximum atomic E-state index is 12.2. The average Bonchev–Trinajstić information content (AvgIpc) is 2.49. The Hall–Kier alpha value is -2.60. The van der Waals surface area contributed by atoms with E-state index in [0.29, 0.717) is 23.7 Å². The highest BCUT2D eigenvalue weighted by Crippen LogP contribution is 2.17. The normalized spacial score (nSPS) is 10.0. The van der Waals surface area contributed by atoms with Crippen molar-refractivity contribution in [3.8, 4) is 5.88 Å². The summed E-state index contributed by atoms with van der Waals surface area (Å²) >= 11 is 0. The molecule has 21 heavy (non-hydrogen) atoms. The van der Waals surface area contributed by atoms with Crippen LogP contribution >= 0.6 is 0 Å². The minimum absolute atomic E-state index is 0.193. The molecule has 0 atom stereocenters. The minimum Gasteiger partial charge on any atom is -0.478 e. The monoisotopic (exact) mass is 286 g/mol. The molecular weight excluding hydrogens is 268 g/mol. The van der Waals surface area contributed by atoms with E-state index in [9.17, 15) is 4.79 Å². The third kappa shape index (κ3) is 3.70. The number of hydrazine groups is 1. The summed E-state index contributed by atoms with van der Waals surface area (Å²) < 4.78 is 5.25. The number of anilines is 2. The zero-order valence-electron chi connectivity index (χ0n) is 12.0. The van der Waals surface area contributed by atoms with Crippen molar-refractivity contribution in [1.82, 2.24) is 4.98 Å². The van der Waals surface area contributed by atoms with Gasteiger partial charge in [0.25, 0.3) is 5.91 Å². The number of aryl methyl sites for hydroxylation is 1. The molecule has 6 nitrogen and oxygen atoms in total.